The molecule has 1 N–H and O–H groups in total. The molecule has 84 valence electrons. The lowest BCUT2D eigenvalue weighted by Crippen LogP contribution is -2.10. The van der Waals surface area contributed by atoms with E-state index in [0.717, 1.165) is 5.56 Å². The SMILES string of the molecule is CC.Oc1cccc(CC2OCCO2)c1. The Bertz CT molecular complexity index is 280. The number of benzene rings is 1. The topological polar surface area (TPSA) is 38.7 Å². The summed E-state index contributed by atoms with van der Waals surface area (Å²) in [7, 11) is 0. The van der Waals surface area contributed by atoms with E-state index in [1.807, 2.05) is 26.0 Å². The first-order valence-electron chi connectivity index (χ1n) is 5.36. The van der Waals surface area contributed by atoms with E-state index in [2.05, 4.69) is 0 Å². The molecule has 1 aliphatic rings. The van der Waals surface area contributed by atoms with Crippen LogP contribution in [0.5, 0.6) is 5.75 Å². The van der Waals surface area contributed by atoms with Crippen LogP contribution in [-0.2, 0) is 15.9 Å². The summed E-state index contributed by atoms with van der Waals surface area (Å²) in [6.45, 7) is 5.34. The van der Waals surface area contributed by atoms with Crippen molar-refractivity contribution in [2.24, 2.45) is 0 Å². The summed E-state index contributed by atoms with van der Waals surface area (Å²) in [4.78, 5) is 0. The molecule has 1 aromatic carbocycles. The third kappa shape index (κ3) is 3.90. The second-order valence-electron chi connectivity index (χ2n) is 3.05. The first kappa shape index (κ1) is 12.0. The molecule has 0 unspecified atom stereocenters. The van der Waals surface area contributed by atoms with Crippen LogP contribution in [-0.4, -0.2) is 24.6 Å². The zero-order chi connectivity index (χ0) is 11.1. The molecule has 1 saturated heterocycles. The lowest BCUT2D eigenvalue weighted by Gasteiger charge is -2.08. The van der Waals surface area contributed by atoms with Crippen LogP contribution in [0.3, 0.4) is 0 Å². The third-order valence-corrected chi connectivity index (χ3v) is 2.00. The molecule has 15 heavy (non-hydrogen) atoms. The Morgan fingerprint density at radius 1 is 1.27 bits per heavy atom. The van der Waals surface area contributed by atoms with Gasteiger partial charge in [-0.2, -0.15) is 0 Å². The summed E-state index contributed by atoms with van der Waals surface area (Å²) in [5.74, 6) is 0.287. The molecule has 1 aromatic rings. The molecule has 3 heteroatoms. The first-order valence-corrected chi connectivity index (χ1v) is 5.36. The number of hydrogen-bond acceptors (Lipinski definition) is 3. The number of rotatable bonds is 2. The molecule has 0 atom stereocenters. The standard InChI is InChI=1S/C10H12O3.C2H6/c11-9-3-1-2-8(6-9)7-10-12-4-5-13-10;1-2/h1-3,6,10-11H,4-5,7H2;1-2H3. The second kappa shape index (κ2) is 6.43. The summed E-state index contributed by atoms with van der Waals surface area (Å²) >= 11 is 0. The Balaban J connectivity index is 0.000000531. The van der Waals surface area contributed by atoms with Crippen molar-refractivity contribution in [1.82, 2.24) is 0 Å². The van der Waals surface area contributed by atoms with Crippen molar-refractivity contribution in [1.29, 1.82) is 0 Å². The summed E-state index contributed by atoms with van der Waals surface area (Å²) < 4.78 is 10.6. The van der Waals surface area contributed by atoms with E-state index in [9.17, 15) is 5.11 Å². The molecule has 0 aliphatic carbocycles. The first-order chi connectivity index (χ1) is 7.34. The minimum atomic E-state index is -0.137. The van der Waals surface area contributed by atoms with Gasteiger partial charge in [0.25, 0.3) is 0 Å². The van der Waals surface area contributed by atoms with Crippen LogP contribution in [0.25, 0.3) is 0 Å². The molecule has 1 heterocycles. The van der Waals surface area contributed by atoms with Crippen LogP contribution in [0.15, 0.2) is 24.3 Å². The van der Waals surface area contributed by atoms with Gasteiger partial charge in [0.1, 0.15) is 5.75 Å². The van der Waals surface area contributed by atoms with Crippen molar-refractivity contribution in [2.75, 3.05) is 13.2 Å². The normalized spacial score (nSPS) is 15.9. The van der Waals surface area contributed by atoms with Crippen molar-refractivity contribution in [2.45, 2.75) is 26.6 Å². The lowest BCUT2D eigenvalue weighted by atomic mass is 10.1. The Labute approximate surface area is 90.6 Å². The van der Waals surface area contributed by atoms with E-state index in [4.69, 9.17) is 9.47 Å². The number of aromatic hydroxyl groups is 1. The Kier molecular flexibility index (Phi) is 5.15. The molecule has 1 fully saturated rings. The van der Waals surface area contributed by atoms with Crippen molar-refractivity contribution in [3.8, 4) is 5.75 Å². The lowest BCUT2D eigenvalue weighted by molar-refractivity contribution is -0.0400. The minimum Gasteiger partial charge on any atom is -0.508 e. The van der Waals surface area contributed by atoms with Gasteiger partial charge in [-0.05, 0) is 17.7 Å². The molecule has 0 amide bonds. The monoisotopic (exact) mass is 210 g/mol. The van der Waals surface area contributed by atoms with Gasteiger partial charge in [0.2, 0.25) is 0 Å². The second-order valence-corrected chi connectivity index (χ2v) is 3.05. The molecule has 0 aromatic heterocycles. The summed E-state index contributed by atoms with van der Waals surface area (Å²) in [6, 6.07) is 7.15. The smallest absolute Gasteiger partial charge is 0.161 e. The van der Waals surface area contributed by atoms with Crippen molar-refractivity contribution in [3.63, 3.8) is 0 Å². The fraction of sp³-hybridized carbons (Fsp3) is 0.500. The molecule has 2 rings (SSSR count). The molecule has 0 radical (unpaired) electrons. The predicted molar refractivity (Wildman–Crippen MR) is 58.9 cm³/mol. The Hall–Kier alpha value is -1.06. The maximum Gasteiger partial charge on any atom is 0.161 e. The highest BCUT2D eigenvalue weighted by Gasteiger charge is 2.16. The fourth-order valence-electron chi connectivity index (χ4n) is 1.40. The number of hydrogen-bond donors (Lipinski definition) is 1. The van der Waals surface area contributed by atoms with Crippen LogP contribution >= 0.6 is 0 Å². The quantitative estimate of drug-likeness (QED) is 0.814. The summed E-state index contributed by atoms with van der Waals surface area (Å²) in [6.07, 6.45) is 0.566. The molecular formula is C12H18O3. The average molecular weight is 210 g/mol. The number of phenolic OH excluding ortho intramolecular Hbond substituents is 1. The average Bonchev–Trinajstić information content (AvgIpc) is 2.74. The van der Waals surface area contributed by atoms with Crippen molar-refractivity contribution < 1.29 is 14.6 Å². The number of phenols is 1. The highest BCUT2D eigenvalue weighted by atomic mass is 16.7. The highest BCUT2D eigenvalue weighted by Crippen LogP contribution is 2.15. The molecule has 0 spiro atoms. The Morgan fingerprint density at radius 2 is 1.93 bits per heavy atom. The van der Waals surface area contributed by atoms with Crippen LogP contribution < -0.4 is 0 Å². The van der Waals surface area contributed by atoms with Gasteiger partial charge >= 0.3 is 0 Å². The Morgan fingerprint density at radius 3 is 2.53 bits per heavy atom. The minimum absolute atomic E-state index is 0.137. The number of ether oxygens (including phenoxy) is 2. The van der Waals surface area contributed by atoms with E-state index < -0.39 is 0 Å². The van der Waals surface area contributed by atoms with E-state index in [1.54, 1.807) is 12.1 Å². The fourth-order valence-corrected chi connectivity index (χ4v) is 1.40. The summed E-state index contributed by atoms with van der Waals surface area (Å²) in [5.41, 5.74) is 1.03. The third-order valence-electron chi connectivity index (χ3n) is 2.00. The van der Waals surface area contributed by atoms with Gasteiger partial charge in [-0.25, -0.2) is 0 Å². The van der Waals surface area contributed by atoms with Gasteiger partial charge in [-0.1, -0.05) is 26.0 Å². The predicted octanol–water partition coefficient (Wildman–Crippen LogP) is 2.33. The van der Waals surface area contributed by atoms with E-state index in [1.165, 1.54) is 0 Å². The van der Waals surface area contributed by atoms with Crippen LogP contribution in [0.4, 0.5) is 0 Å². The van der Waals surface area contributed by atoms with E-state index >= 15 is 0 Å². The van der Waals surface area contributed by atoms with Gasteiger partial charge < -0.3 is 14.6 Å². The van der Waals surface area contributed by atoms with Gasteiger partial charge in [-0.15, -0.1) is 0 Å². The molecule has 0 saturated carbocycles. The van der Waals surface area contributed by atoms with Crippen LogP contribution in [0.1, 0.15) is 19.4 Å². The van der Waals surface area contributed by atoms with Gasteiger partial charge in [-0.3, -0.25) is 0 Å². The van der Waals surface area contributed by atoms with Gasteiger partial charge in [0, 0.05) is 6.42 Å². The molecule has 0 bridgehead atoms. The van der Waals surface area contributed by atoms with Crippen LogP contribution in [0.2, 0.25) is 0 Å². The van der Waals surface area contributed by atoms with Crippen molar-refractivity contribution in [3.05, 3.63) is 29.8 Å². The zero-order valence-corrected chi connectivity index (χ0v) is 9.27. The van der Waals surface area contributed by atoms with Gasteiger partial charge in [0.05, 0.1) is 13.2 Å². The molecular weight excluding hydrogens is 192 g/mol. The maximum absolute atomic E-state index is 9.21. The molecule has 3 nitrogen and oxygen atoms in total. The zero-order valence-electron chi connectivity index (χ0n) is 9.27. The van der Waals surface area contributed by atoms with E-state index in [-0.39, 0.29) is 12.0 Å². The summed E-state index contributed by atoms with van der Waals surface area (Å²) in [5, 5.41) is 9.21. The maximum atomic E-state index is 9.21. The molecule has 1 aliphatic heterocycles. The van der Waals surface area contributed by atoms with Crippen molar-refractivity contribution >= 4 is 0 Å². The largest absolute Gasteiger partial charge is 0.508 e. The van der Waals surface area contributed by atoms with E-state index in [0.29, 0.717) is 19.6 Å². The highest BCUT2D eigenvalue weighted by molar-refractivity contribution is 5.27. The van der Waals surface area contributed by atoms with Crippen LogP contribution in [0, 0.1) is 0 Å². The van der Waals surface area contributed by atoms with Gasteiger partial charge in [0.15, 0.2) is 6.29 Å².